The molecule has 0 N–H and O–H groups in total. The zero-order valence-electron chi connectivity index (χ0n) is 13.0. The Morgan fingerprint density at radius 2 is 1.83 bits per heavy atom. The highest BCUT2D eigenvalue weighted by molar-refractivity contribution is 7.91. The van der Waals surface area contributed by atoms with Crippen LogP contribution in [0.3, 0.4) is 0 Å². The lowest BCUT2D eigenvalue weighted by Gasteiger charge is -2.29. The minimum atomic E-state index is -3.07. The van der Waals surface area contributed by atoms with E-state index in [0.29, 0.717) is 12.0 Å². The highest BCUT2D eigenvalue weighted by Gasteiger charge is 2.35. The first-order chi connectivity index (χ1) is 11.0. The maximum absolute atomic E-state index is 13.0. The van der Waals surface area contributed by atoms with Crippen LogP contribution in [-0.2, 0) is 9.84 Å². The Morgan fingerprint density at radius 1 is 1.09 bits per heavy atom. The summed E-state index contributed by atoms with van der Waals surface area (Å²) in [7, 11) is -3.07. The van der Waals surface area contributed by atoms with Crippen molar-refractivity contribution in [2.75, 3.05) is 16.4 Å². The lowest BCUT2D eigenvalue weighted by Crippen LogP contribution is -2.41. The summed E-state index contributed by atoms with van der Waals surface area (Å²) >= 11 is 0. The average molecular weight is 329 g/mol. The van der Waals surface area contributed by atoms with Crippen molar-refractivity contribution in [2.24, 2.45) is 0 Å². The van der Waals surface area contributed by atoms with Crippen LogP contribution < -0.4 is 4.90 Å². The molecule has 1 aliphatic heterocycles. The fourth-order valence-corrected chi connectivity index (χ4v) is 4.67. The molecule has 5 heteroatoms. The first-order valence-corrected chi connectivity index (χ1v) is 9.44. The van der Waals surface area contributed by atoms with Gasteiger partial charge in [-0.3, -0.25) is 4.79 Å². The fraction of sp³-hybridized carbons (Fsp3) is 0.278. The number of carbonyl (C=O) groups excluding carboxylic acids is 1. The molecule has 1 fully saturated rings. The smallest absolute Gasteiger partial charge is 0.258 e. The number of aryl methyl sites for hydroxylation is 1. The van der Waals surface area contributed by atoms with Gasteiger partial charge in [0.25, 0.3) is 5.91 Å². The number of rotatable bonds is 3. The van der Waals surface area contributed by atoms with Crippen LogP contribution in [0.15, 0.2) is 54.6 Å². The van der Waals surface area contributed by atoms with Crippen molar-refractivity contribution in [1.82, 2.24) is 0 Å². The number of hydrogen-bond acceptors (Lipinski definition) is 3. The minimum absolute atomic E-state index is 0.0273. The van der Waals surface area contributed by atoms with Gasteiger partial charge in [-0.05, 0) is 43.2 Å². The average Bonchev–Trinajstić information content (AvgIpc) is 2.88. The Bertz CT molecular complexity index is 815. The highest BCUT2D eigenvalue weighted by atomic mass is 32.2. The zero-order chi connectivity index (χ0) is 16.4. The second-order valence-electron chi connectivity index (χ2n) is 5.94. The van der Waals surface area contributed by atoms with Crippen LogP contribution in [-0.4, -0.2) is 31.9 Å². The summed E-state index contributed by atoms with van der Waals surface area (Å²) < 4.78 is 23.7. The second kappa shape index (κ2) is 6.16. The van der Waals surface area contributed by atoms with Crippen molar-refractivity contribution in [3.05, 3.63) is 65.7 Å². The van der Waals surface area contributed by atoms with Gasteiger partial charge in [0.1, 0.15) is 0 Å². The van der Waals surface area contributed by atoms with E-state index in [1.54, 1.807) is 17.0 Å². The Balaban J connectivity index is 2.02. The first kappa shape index (κ1) is 15.7. The highest BCUT2D eigenvalue weighted by Crippen LogP contribution is 2.27. The van der Waals surface area contributed by atoms with Crippen molar-refractivity contribution >= 4 is 21.4 Å². The molecule has 0 spiro atoms. The maximum atomic E-state index is 13.0. The van der Waals surface area contributed by atoms with Gasteiger partial charge in [-0.2, -0.15) is 0 Å². The summed E-state index contributed by atoms with van der Waals surface area (Å²) in [6.45, 7) is 1.96. The molecule has 1 aliphatic rings. The van der Waals surface area contributed by atoms with E-state index in [4.69, 9.17) is 0 Å². The van der Waals surface area contributed by atoms with Crippen molar-refractivity contribution < 1.29 is 13.2 Å². The van der Waals surface area contributed by atoms with E-state index in [9.17, 15) is 13.2 Å². The Labute approximate surface area is 136 Å². The molecule has 4 nitrogen and oxygen atoms in total. The number of amides is 1. The lowest BCUT2D eigenvalue weighted by atomic mass is 10.1. The molecule has 23 heavy (non-hydrogen) atoms. The van der Waals surface area contributed by atoms with Crippen LogP contribution in [0.1, 0.15) is 22.3 Å². The largest absolute Gasteiger partial charge is 0.304 e. The summed E-state index contributed by atoms with van der Waals surface area (Å²) in [6.07, 6.45) is 0.481. The number of hydrogen-bond donors (Lipinski definition) is 0. The van der Waals surface area contributed by atoms with E-state index in [0.717, 1.165) is 11.3 Å². The molecule has 0 aliphatic carbocycles. The summed E-state index contributed by atoms with van der Waals surface area (Å²) in [6, 6.07) is 16.3. The summed E-state index contributed by atoms with van der Waals surface area (Å²) in [5.41, 5.74) is 2.36. The van der Waals surface area contributed by atoms with Crippen LogP contribution in [0.25, 0.3) is 0 Å². The van der Waals surface area contributed by atoms with E-state index in [1.807, 2.05) is 49.4 Å². The number of benzene rings is 2. The number of anilines is 1. The topological polar surface area (TPSA) is 54.5 Å². The van der Waals surface area contributed by atoms with Crippen LogP contribution in [0.4, 0.5) is 5.69 Å². The molecule has 0 unspecified atom stereocenters. The molecule has 120 valence electrons. The van der Waals surface area contributed by atoms with Crippen LogP contribution in [0, 0.1) is 6.92 Å². The standard InChI is InChI=1S/C18H19NO3S/c1-14-6-5-9-16(12-14)19(17-10-11-23(21,22)13-17)18(20)15-7-3-2-4-8-15/h2-9,12,17H,10-11,13H2,1H3/t17-/m0/s1. The van der Waals surface area contributed by atoms with Gasteiger partial charge in [0.2, 0.25) is 0 Å². The van der Waals surface area contributed by atoms with Crippen molar-refractivity contribution in [1.29, 1.82) is 0 Å². The van der Waals surface area contributed by atoms with Crippen LogP contribution >= 0.6 is 0 Å². The fourth-order valence-electron chi connectivity index (χ4n) is 2.97. The molecule has 0 radical (unpaired) electrons. The SMILES string of the molecule is Cc1cccc(N(C(=O)c2ccccc2)[C@H]2CCS(=O)(=O)C2)c1. The molecular weight excluding hydrogens is 310 g/mol. The molecule has 1 atom stereocenters. The van der Waals surface area contributed by atoms with E-state index < -0.39 is 9.84 Å². The van der Waals surface area contributed by atoms with Gasteiger partial charge < -0.3 is 4.90 Å². The molecule has 3 rings (SSSR count). The molecule has 0 aromatic heterocycles. The molecule has 0 saturated carbocycles. The number of sulfone groups is 1. The Hall–Kier alpha value is -2.14. The molecule has 2 aromatic carbocycles. The van der Waals surface area contributed by atoms with Gasteiger partial charge in [-0.15, -0.1) is 0 Å². The Morgan fingerprint density at radius 3 is 2.43 bits per heavy atom. The van der Waals surface area contributed by atoms with Gasteiger partial charge in [0, 0.05) is 11.3 Å². The predicted molar refractivity (Wildman–Crippen MR) is 91.5 cm³/mol. The van der Waals surface area contributed by atoms with Crippen molar-refractivity contribution in [3.63, 3.8) is 0 Å². The molecule has 1 amide bonds. The third kappa shape index (κ3) is 3.45. The summed E-state index contributed by atoms with van der Waals surface area (Å²) in [5, 5.41) is 0. The van der Waals surface area contributed by atoms with E-state index >= 15 is 0 Å². The van der Waals surface area contributed by atoms with E-state index in [1.165, 1.54) is 0 Å². The van der Waals surface area contributed by atoms with Gasteiger partial charge in [-0.25, -0.2) is 8.42 Å². The molecule has 1 saturated heterocycles. The van der Waals surface area contributed by atoms with Gasteiger partial charge in [0.15, 0.2) is 9.84 Å². The second-order valence-corrected chi connectivity index (χ2v) is 8.17. The molecule has 0 bridgehead atoms. The summed E-state index contributed by atoms with van der Waals surface area (Å²) in [4.78, 5) is 14.6. The monoisotopic (exact) mass is 329 g/mol. The lowest BCUT2D eigenvalue weighted by molar-refractivity contribution is 0.0979. The third-order valence-electron chi connectivity index (χ3n) is 4.09. The normalized spacial score (nSPS) is 19.4. The first-order valence-electron chi connectivity index (χ1n) is 7.62. The molecule has 2 aromatic rings. The van der Waals surface area contributed by atoms with Crippen molar-refractivity contribution in [2.45, 2.75) is 19.4 Å². The van der Waals surface area contributed by atoms with E-state index in [-0.39, 0.29) is 23.5 Å². The predicted octanol–water partition coefficient (Wildman–Crippen LogP) is 2.83. The van der Waals surface area contributed by atoms with Gasteiger partial charge >= 0.3 is 0 Å². The number of carbonyl (C=O) groups is 1. The maximum Gasteiger partial charge on any atom is 0.258 e. The number of nitrogens with zero attached hydrogens (tertiary/aromatic N) is 1. The summed E-state index contributed by atoms with van der Waals surface area (Å²) in [5.74, 6) is 0.0139. The minimum Gasteiger partial charge on any atom is -0.304 e. The quantitative estimate of drug-likeness (QED) is 0.870. The van der Waals surface area contributed by atoms with Crippen LogP contribution in [0.2, 0.25) is 0 Å². The Kier molecular flexibility index (Phi) is 4.22. The van der Waals surface area contributed by atoms with E-state index in [2.05, 4.69) is 0 Å². The molecular formula is C18H19NO3S. The molecule has 1 heterocycles. The zero-order valence-corrected chi connectivity index (χ0v) is 13.8. The van der Waals surface area contributed by atoms with Gasteiger partial charge in [0.05, 0.1) is 17.5 Å². The van der Waals surface area contributed by atoms with Gasteiger partial charge in [-0.1, -0.05) is 30.3 Å². The van der Waals surface area contributed by atoms with Crippen molar-refractivity contribution in [3.8, 4) is 0 Å². The third-order valence-corrected chi connectivity index (χ3v) is 5.84. The van der Waals surface area contributed by atoms with Crippen LogP contribution in [0.5, 0.6) is 0 Å².